The summed E-state index contributed by atoms with van der Waals surface area (Å²) in [5.41, 5.74) is 11.5. The quantitative estimate of drug-likeness (QED) is 0.0199. The van der Waals surface area contributed by atoms with Crippen molar-refractivity contribution in [3.05, 3.63) is 257 Å². The number of rotatable bonds is 25. The SMILES string of the molecule is CC(=O)c1cccc(NC(=O)NN2CCCCC2Cc2ccc(F)cc2)c1.CC(=O)c1cccc(NC(=O)N[C@@H]2CCCC[C@H]2CN2CCC(Cc3ccc(F)cc3)CC2)c1.COc1ccccc1NC(=O)N[C@@H]1CCCC[C@H]1CN1CCC[C@@H](Cc2ccc(F)cc2)C1.O=C(Nc1ccccc1)N[C@@H]1CCCC[C@H]1CN1CCC[C@@H](Cc2ccc(F)cc2)C1.[HH].[HH].[HH].[HH].[HH].[HH].[HH].[HH]. The molecule has 8 aromatic rings. The highest BCUT2D eigenvalue weighted by atomic mass is 19.1. The van der Waals surface area contributed by atoms with Gasteiger partial charge in [0.1, 0.15) is 29.0 Å². The first-order valence-corrected chi connectivity index (χ1v) is 45.8. The van der Waals surface area contributed by atoms with Gasteiger partial charge in [0.2, 0.25) is 0 Å². The topological polar surface area (TPSA) is 221 Å². The number of amides is 8. The molecule has 0 bridgehead atoms. The highest BCUT2D eigenvalue weighted by Gasteiger charge is 2.35. The van der Waals surface area contributed by atoms with Crippen molar-refractivity contribution < 1.29 is 62.5 Å². The number of para-hydroxylation sites is 3. The van der Waals surface area contributed by atoms with Crippen LogP contribution in [0.25, 0.3) is 0 Å². The van der Waals surface area contributed by atoms with Crippen molar-refractivity contribution in [3.63, 3.8) is 0 Å². The Hall–Kier alpha value is -10.5. The average molecular weight is 1730 g/mol. The summed E-state index contributed by atoms with van der Waals surface area (Å²) in [6.45, 7) is 13.5. The van der Waals surface area contributed by atoms with Gasteiger partial charge in [-0.05, 0) is 310 Å². The number of nitrogens with one attached hydrogen (secondary N) is 8. The van der Waals surface area contributed by atoms with Gasteiger partial charge in [0.25, 0.3) is 0 Å². The number of piperidine rings is 4. The number of methoxy groups -OCH3 is 1. The van der Waals surface area contributed by atoms with Crippen molar-refractivity contribution in [2.45, 2.75) is 199 Å². The molecule has 0 radical (unpaired) electrons. The third kappa shape index (κ3) is 31.3. The molecule has 125 heavy (non-hydrogen) atoms. The van der Waals surface area contributed by atoms with Crippen molar-refractivity contribution in [1.82, 2.24) is 41.1 Å². The van der Waals surface area contributed by atoms with Crippen LogP contribution < -0.4 is 47.4 Å². The molecule has 3 saturated carbocycles. The summed E-state index contributed by atoms with van der Waals surface area (Å²) >= 11 is 0. The van der Waals surface area contributed by atoms with Crippen LogP contribution in [0.5, 0.6) is 5.75 Å². The minimum atomic E-state index is -0.332. The Morgan fingerprint density at radius 2 is 0.736 bits per heavy atom. The maximum atomic E-state index is 13.2. The number of benzene rings is 8. The van der Waals surface area contributed by atoms with Gasteiger partial charge in [-0.25, -0.2) is 41.7 Å². The van der Waals surface area contributed by atoms with Gasteiger partial charge in [-0.15, -0.1) is 0 Å². The first kappa shape index (κ1) is 93.7. The third-order valence-corrected chi connectivity index (χ3v) is 26.1. The molecule has 1 unspecified atom stereocenters. The van der Waals surface area contributed by atoms with Crippen molar-refractivity contribution in [1.29, 1.82) is 0 Å². The molecule has 3 aliphatic carbocycles. The number of ether oxygens (including phenoxy) is 1. The summed E-state index contributed by atoms with van der Waals surface area (Å²) < 4.78 is 58.0. The summed E-state index contributed by atoms with van der Waals surface area (Å²) in [4.78, 5) is 81.2. The summed E-state index contributed by atoms with van der Waals surface area (Å²) in [7, 11) is 1.61. The van der Waals surface area contributed by atoms with Crippen molar-refractivity contribution in [3.8, 4) is 5.75 Å². The van der Waals surface area contributed by atoms with E-state index in [1.54, 1.807) is 104 Å². The van der Waals surface area contributed by atoms with Gasteiger partial charge in [0.15, 0.2) is 11.6 Å². The fourth-order valence-electron chi connectivity index (χ4n) is 19.5. The number of likely N-dealkylation sites (tertiary alicyclic amines) is 3. The number of hydrazine groups is 1. The zero-order valence-corrected chi connectivity index (χ0v) is 73.2. The van der Waals surface area contributed by atoms with Crippen LogP contribution in [-0.2, 0) is 25.7 Å². The average Bonchev–Trinajstić information content (AvgIpc) is 0.860. The fourth-order valence-corrected chi connectivity index (χ4v) is 19.5. The second kappa shape index (κ2) is 48.9. The van der Waals surface area contributed by atoms with Crippen LogP contribution in [-0.4, -0.2) is 152 Å². The van der Waals surface area contributed by atoms with Crippen molar-refractivity contribution in [2.75, 3.05) is 93.8 Å². The molecule has 8 amide bonds. The van der Waals surface area contributed by atoms with Crippen LogP contribution in [0.15, 0.2) is 200 Å². The van der Waals surface area contributed by atoms with Gasteiger partial charge < -0.3 is 56.7 Å². The lowest BCUT2D eigenvalue weighted by Gasteiger charge is -2.39. The maximum absolute atomic E-state index is 13.2. The van der Waals surface area contributed by atoms with Crippen LogP contribution in [0, 0.1) is 58.8 Å². The van der Waals surface area contributed by atoms with Crippen molar-refractivity contribution in [2.24, 2.45) is 35.5 Å². The van der Waals surface area contributed by atoms with E-state index in [-0.39, 0.29) is 94.5 Å². The van der Waals surface area contributed by atoms with E-state index >= 15 is 0 Å². The number of nitrogens with zero attached hydrogens (tertiary/aromatic N) is 4. The minimum Gasteiger partial charge on any atom is -0.495 e. The second-order valence-corrected chi connectivity index (χ2v) is 35.6. The largest absolute Gasteiger partial charge is 0.495 e. The van der Waals surface area contributed by atoms with E-state index < -0.39 is 0 Å². The molecular weight excluding hydrogens is 1580 g/mol. The van der Waals surface area contributed by atoms with Gasteiger partial charge >= 0.3 is 24.1 Å². The third-order valence-electron chi connectivity index (χ3n) is 26.1. The molecule has 4 saturated heterocycles. The predicted molar refractivity (Wildman–Crippen MR) is 507 cm³/mol. The lowest BCUT2D eigenvalue weighted by Crippen LogP contribution is -2.52. The monoisotopic (exact) mass is 1730 g/mol. The number of carbonyl (C=O) groups is 6. The summed E-state index contributed by atoms with van der Waals surface area (Å²) in [5, 5.41) is 23.3. The molecule has 4 heterocycles. The Balaban J connectivity index is 0.000000365. The minimum absolute atomic E-state index is 0. The van der Waals surface area contributed by atoms with Crippen LogP contribution >= 0.6 is 0 Å². The number of hydrogen-bond donors (Lipinski definition) is 8. The lowest BCUT2D eigenvalue weighted by molar-refractivity contribution is 0.100. The highest BCUT2D eigenvalue weighted by molar-refractivity contribution is 5.98. The van der Waals surface area contributed by atoms with E-state index in [0.29, 0.717) is 69.4 Å². The number of halogens is 4. The molecule has 15 rings (SSSR count). The second-order valence-electron chi connectivity index (χ2n) is 35.6. The summed E-state index contributed by atoms with van der Waals surface area (Å²) in [5.74, 6) is 3.14. The number of carbonyl (C=O) groups excluding carboxylic acids is 6. The highest BCUT2D eigenvalue weighted by Crippen LogP contribution is 2.34. The van der Waals surface area contributed by atoms with Crippen molar-refractivity contribution >= 4 is 58.4 Å². The molecular formula is C102H146F4N12O7. The molecule has 4 aliphatic heterocycles. The van der Waals surface area contributed by atoms with Gasteiger partial charge in [0, 0.05) is 103 Å². The number of hydrogen-bond acceptors (Lipinski definition) is 11. The van der Waals surface area contributed by atoms with Gasteiger partial charge in [-0.3, -0.25) is 15.0 Å². The standard InChI is InChI=1S/C28H36FN3O2.C27H36FN3O2.C26H34FN3O.C21H24FN3O2.8H2/c1-20(33)23-6-4-7-26(18-23)30-28(34)31-27-8-3-2-5-24(27)19-32-15-13-22(14-16-32)17-21-9-11-25(29)12-10-21;1-33-26-11-5-4-10-25(26)30-27(32)29-24-9-3-2-8-22(24)19-31-16-6-7-21(18-31)17-20-12-14-23(28)15-13-20;27-23-14-12-20(13-15-23)17-21-7-6-16-30(18-21)19-22-8-4-5-11-25(22)29-26(31)28-24-9-2-1-3-10-24;1-15(26)17-5-4-6-19(14-17)23-21(27)24-25-12-3-2-7-20(25)13-16-8-10-18(22)11-9-16;;;;;;;;/h4,6-7,9-12,18,22,24,27H,2-3,5,8,13-17,19H2,1H3,(H2,30,31,34);4-5,10-15,21-22,24H,2-3,6-9,16-19H2,1H3,(H2,29,30,32);1-3,9-10,12-15,21-22,25H,4-8,11,16-19H2,(H2,28,29,31);4-6,8-11,14,20H,2-3,7,12-13H2,1H3,(H2,23,24,27);8*1H/t24-,27+;21-,22-,24+;21-,22-,25+;;;;;;;;;/m000........./s1. The van der Waals surface area contributed by atoms with Crippen LogP contribution in [0.1, 0.15) is 203 Å². The molecule has 8 aromatic carbocycles. The molecule has 684 valence electrons. The Labute approximate surface area is 749 Å². The van der Waals surface area contributed by atoms with E-state index in [1.165, 1.54) is 100 Å². The summed E-state index contributed by atoms with van der Waals surface area (Å²) in [6.07, 6.45) is 27.8. The molecule has 0 aromatic heterocycles. The Bertz CT molecular complexity index is 4720. The molecule has 7 aliphatic rings. The zero-order chi connectivity index (χ0) is 87.7. The lowest BCUT2D eigenvalue weighted by atomic mass is 9.83. The zero-order valence-electron chi connectivity index (χ0n) is 73.2. The van der Waals surface area contributed by atoms with E-state index in [2.05, 4.69) is 57.3 Å². The Kier molecular flexibility index (Phi) is 36.6. The molecule has 8 N–H and O–H groups in total. The number of anilines is 4. The first-order valence-electron chi connectivity index (χ1n) is 45.8. The Morgan fingerprint density at radius 3 is 1.19 bits per heavy atom. The van der Waals surface area contributed by atoms with Crippen LogP contribution in [0.4, 0.5) is 59.5 Å². The number of ketones is 2. The van der Waals surface area contributed by atoms with E-state index in [9.17, 15) is 46.3 Å². The van der Waals surface area contributed by atoms with E-state index in [0.717, 1.165) is 179 Å². The summed E-state index contributed by atoms with van der Waals surface area (Å²) in [6, 6.07) is 58.3. The first-order chi connectivity index (χ1) is 60.7. The van der Waals surface area contributed by atoms with E-state index in [1.807, 2.05) is 96.0 Å². The Morgan fingerprint density at radius 1 is 0.352 bits per heavy atom. The van der Waals surface area contributed by atoms with Gasteiger partial charge in [-0.1, -0.05) is 148 Å². The normalized spacial score (nSPS) is 22.0. The maximum Gasteiger partial charge on any atom is 0.333 e. The molecule has 23 heteroatoms. The van der Waals surface area contributed by atoms with E-state index in [4.69, 9.17) is 4.74 Å². The smallest absolute Gasteiger partial charge is 0.333 e. The fraction of sp³-hybridized carbons (Fsp3) is 0.471. The molecule has 9 atom stereocenters. The number of urea groups is 4. The molecule has 0 spiro atoms. The molecule has 7 fully saturated rings. The number of Topliss-reactive ketones (excluding diaryl/α,β-unsaturated/α-hetero) is 2. The van der Waals surface area contributed by atoms with Gasteiger partial charge in [0.05, 0.1) is 12.8 Å². The predicted octanol–water partition coefficient (Wildman–Crippen LogP) is 22.7. The molecule has 19 nitrogen and oxygen atoms in total. The van der Waals surface area contributed by atoms with Crippen LogP contribution in [0.3, 0.4) is 0 Å². The van der Waals surface area contributed by atoms with Crippen LogP contribution in [0.2, 0.25) is 0 Å². The van der Waals surface area contributed by atoms with Gasteiger partial charge in [-0.2, -0.15) is 0 Å².